The molecule has 0 aliphatic carbocycles. The summed E-state index contributed by atoms with van der Waals surface area (Å²) >= 11 is 3.57. The van der Waals surface area contributed by atoms with Crippen molar-refractivity contribution >= 4 is 33.9 Å². The molecule has 0 amide bonds. The summed E-state index contributed by atoms with van der Waals surface area (Å²) < 4.78 is 6.43. The summed E-state index contributed by atoms with van der Waals surface area (Å²) in [5, 5.41) is 6.69. The van der Waals surface area contributed by atoms with Crippen LogP contribution in [0.1, 0.15) is 5.56 Å². The van der Waals surface area contributed by atoms with Gasteiger partial charge in [0.15, 0.2) is 0 Å². The highest BCUT2D eigenvalue weighted by molar-refractivity contribution is 9.12. The molecule has 3 rings (SSSR count). The van der Waals surface area contributed by atoms with E-state index in [1.54, 1.807) is 7.11 Å². The monoisotopic (exact) mass is 399 g/mol. The van der Waals surface area contributed by atoms with Crippen molar-refractivity contribution in [1.82, 2.24) is 5.01 Å². The molecule has 0 N–H and O–H groups in total. The predicted octanol–water partition coefficient (Wildman–Crippen LogP) is 4.24. The number of ether oxygens (including phenoxy) is 1. The first-order chi connectivity index (χ1) is 12.3. The zero-order valence-electron chi connectivity index (χ0n) is 14.3. The maximum Gasteiger partial charge on any atom is 0.142 e. The van der Waals surface area contributed by atoms with Crippen LogP contribution in [0.3, 0.4) is 0 Å². The van der Waals surface area contributed by atoms with Crippen LogP contribution in [0.25, 0.3) is 6.08 Å². The summed E-state index contributed by atoms with van der Waals surface area (Å²) in [5.74, 6) is 0.924. The second kappa shape index (κ2) is 8.72. The fourth-order valence-electron chi connectivity index (χ4n) is 2.83. The number of piperazine rings is 1. The lowest BCUT2D eigenvalue weighted by Crippen LogP contribution is -2.44. The number of anilines is 1. The Balaban J connectivity index is 1.56. The van der Waals surface area contributed by atoms with Gasteiger partial charge in [0.05, 0.1) is 32.1 Å². The van der Waals surface area contributed by atoms with Gasteiger partial charge in [-0.15, -0.1) is 0 Å². The van der Waals surface area contributed by atoms with Crippen LogP contribution in [0.4, 0.5) is 5.69 Å². The van der Waals surface area contributed by atoms with Gasteiger partial charge >= 0.3 is 0 Å². The van der Waals surface area contributed by atoms with Gasteiger partial charge in [0.25, 0.3) is 0 Å². The SMILES string of the molecule is COc1ccccc1N1CCN(N=C/C(Br)=C/c2ccccc2)CC1. The van der Waals surface area contributed by atoms with Gasteiger partial charge in [0.1, 0.15) is 5.75 Å². The van der Waals surface area contributed by atoms with E-state index in [-0.39, 0.29) is 0 Å². The highest BCUT2D eigenvalue weighted by atomic mass is 79.9. The van der Waals surface area contributed by atoms with Crippen molar-refractivity contribution in [2.24, 2.45) is 5.10 Å². The minimum atomic E-state index is 0.889. The fraction of sp³-hybridized carbons (Fsp3) is 0.250. The molecule has 0 unspecified atom stereocenters. The number of para-hydroxylation sites is 2. The first kappa shape index (κ1) is 17.5. The average molecular weight is 400 g/mol. The Hall–Kier alpha value is -2.27. The average Bonchev–Trinajstić information content (AvgIpc) is 2.67. The summed E-state index contributed by atoms with van der Waals surface area (Å²) in [6.07, 6.45) is 3.93. The fourth-order valence-corrected chi connectivity index (χ4v) is 3.18. The summed E-state index contributed by atoms with van der Waals surface area (Å²) in [4.78, 5) is 2.35. The molecule has 1 aliphatic heterocycles. The van der Waals surface area contributed by atoms with Gasteiger partial charge in [-0.05, 0) is 39.7 Å². The van der Waals surface area contributed by atoms with E-state index >= 15 is 0 Å². The van der Waals surface area contributed by atoms with Crippen molar-refractivity contribution in [3.8, 4) is 5.75 Å². The standard InChI is InChI=1S/C20H22BrN3O/c1-25-20-10-6-5-9-19(20)23-11-13-24(14-12-23)22-16-18(21)15-17-7-3-2-4-8-17/h2-10,15-16H,11-14H2,1H3/b18-15-,22-16?. The highest BCUT2D eigenvalue weighted by Gasteiger charge is 2.18. The molecule has 5 heteroatoms. The normalized spacial score (nSPS) is 15.7. The van der Waals surface area contributed by atoms with Crippen molar-refractivity contribution in [2.75, 3.05) is 38.2 Å². The van der Waals surface area contributed by atoms with E-state index in [9.17, 15) is 0 Å². The topological polar surface area (TPSA) is 28.1 Å². The van der Waals surface area contributed by atoms with Gasteiger partial charge in [-0.25, -0.2) is 0 Å². The number of halogens is 1. The van der Waals surface area contributed by atoms with Crippen molar-refractivity contribution in [3.63, 3.8) is 0 Å². The lowest BCUT2D eigenvalue weighted by Gasteiger charge is -2.35. The number of methoxy groups -OCH3 is 1. The molecule has 0 saturated carbocycles. The van der Waals surface area contributed by atoms with Crippen LogP contribution in [-0.4, -0.2) is 44.5 Å². The molecule has 0 atom stereocenters. The summed E-state index contributed by atoms with van der Waals surface area (Å²) in [5.41, 5.74) is 2.31. The van der Waals surface area contributed by atoms with Crippen LogP contribution in [0, 0.1) is 0 Å². The number of rotatable bonds is 5. The lowest BCUT2D eigenvalue weighted by molar-refractivity contribution is 0.271. The second-order valence-electron chi connectivity index (χ2n) is 5.80. The molecule has 0 radical (unpaired) electrons. The molecule has 0 aromatic heterocycles. The van der Waals surface area contributed by atoms with Crippen molar-refractivity contribution < 1.29 is 4.74 Å². The van der Waals surface area contributed by atoms with Gasteiger partial charge in [-0.2, -0.15) is 5.10 Å². The molecule has 130 valence electrons. The van der Waals surface area contributed by atoms with Crippen LogP contribution in [-0.2, 0) is 0 Å². The maximum atomic E-state index is 5.46. The number of allylic oxidation sites excluding steroid dienone is 1. The van der Waals surface area contributed by atoms with Crippen molar-refractivity contribution in [2.45, 2.75) is 0 Å². The summed E-state index contributed by atoms with van der Waals surface area (Å²) in [7, 11) is 1.72. The molecule has 2 aromatic rings. The third kappa shape index (κ3) is 4.86. The Morgan fingerprint density at radius 3 is 2.40 bits per heavy atom. The number of nitrogens with zero attached hydrogens (tertiary/aromatic N) is 3. The van der Waals surface area contributed by atoms with E-state index in [0.717, 1.165) is 47.7 Å². The van der Waals surface area contributed by atoms with Crippen molar-refractivity contribution in [3.05, 3.63) is 64.6 Å². The van der Waals surface area contributed by atoms with Crippen LogP contribution < -0.4 is 9.64 Å². The number of hydrogen-bond donors (Lipinski definition) is 0. The quantitative estimate of drug-likeness (QED) is 0.703. The van der Waals surface area contributed by atoms with E-state index in [2.05, 4.69) is 55.2 Å². The highest BCUT2D eigenvalue weighted by Crippen LogP contribution is 2.28. The Kier molecular flexibility index (Phi) is 6.12. The predicted molar refractivity (Wildman–Crippen MR) is 109 cm³/mol. The Morgan fingerprint density at radius 2 is 1.68 bits per heavy atom. The Labute approximate surface area is 157 Å². The molecule has 1 aliphatic rings. The number of hydrogen-bond acceptors (Lipinski definition) is 4. The summed E-state index contributed by atoms with van der Waals surface area (Å²) in [6, 6.07) is 18.4. The van der Waals surface area contributed by atoms with Gasteiger partial charge in [0.2, 0.25) is 0 Å². The molecule has 1 fully saturated rings. The third-order valence-corrected chi connectivity index (χ3v) is 4.56. The molecule has 2 aromatic carbocycles. The molecule has 25 heavy (non-hydrogen) atoms. The van der Waals surface area contributed by atoms with E-state index in [4.69, 9.17) is 4.74 Å². The maximum absolute atomic E-state index is 5.46. The zero-order valence-corrected chi connectivity index (χ0v) is 15.9. The van der Waals surface area contributed by atoms with E-state index in [1.165, 1.54) is 0 Å². The van der Waals surface area contributed by atoms with Crippen LogP contribution in [0.2, 0.25) is 0 Å². The van der Waals surface area contributed by atoms with Crippen LogP contribution >= 0.6 is 15.9 Å². The van der Waals surface area contributed by atoms with Gasteiger partial charge in [0, 0.05) is 17.6 Å². The number of benzene rings is 2. The molecular weight excluding hydrogens is 378 g/mol. The van der Waals surface area contributed by atoms with E-state index in [1.807, 2.05) is 42.6 Å². The molecular formula is C20H22BrN3O. The largest absolute Gasteiger partial charge is 0.495 e. The zero-order chi connectivity index (χ0) is 17.5. The lowest BCUT2D eigenvalue weighted by atomic mass is 10.2. The smallest absolute Gasteiger partial charge is 0.142 e. The van der Waals surface area contributed by atoms with E-state index < -0.39 is 0 Å². The van der Waals surface area contributed by atoms with Gasteiger partial charge in [-0.3, -0.25) is 5.01 Å². The third-order valence-electron chi connectivity index (χ3n) is 4.13. The molecule has 1 saturated heterocycles. The Bertz CT molecular complexity index is 738. The minimum absolute atomic E-state index is 0.889. The number of hydrazone groups is 1. The first-order valence-electron chi connectivity index (χ1n) is 8.35. The second-order valence-corrected chi connectivity index (χ2v) is 6.71. The van der Waals surface area contributed by atoms with Gasteiger partial charge in [-0.1, -0.05) is 42.5 Å². The van der Waals surface area contributed by atoms with Crippen LogP contribution in [0.5, 0.6) is 5.75 Å². The Morgan fingerprint density at radius 1 is 1.00 bits per heavy atom. The van der Waals surface area contributed by atoms with Crippen molar-refractivity contribution in [1.29, 1.82) is 0 Å². The molecule has 1 heterocycles. The first-order valence-corrected chi connectivity index (χ1v) is 9.15. The molecule has 0 spiro atoms. The van der Waals surface area contributed by atoms with Gasteiger partial charge < -0.3 is 9.64 Å². The van der Waals surface area contributed by atoms with E-state index in [0.29, 0.717) is 0 Å². The molecule has 0 bridgehead atoms. The van der Waals surface area contributed by atoms with Crippen LogP contribution in [0.15, 0.2) is 64.2 Å². The summed E-state index contributed by atoms with van der Waals surface area (Å²) in [6.45, 7) is 3.63. The molecule has 4 nitrogen and oxygen atoms in total. The minimum Gasteiger partial charge on any atom is -0.495 e.